The zero-order chi connectivity index (χ0) is 14.7. The molecule has 116 valence electrons. The van der Waals surface area contributed by atoms with E-state index in [1.54, 1.807) is 6.20 Å². The van der Waals surface area contributed by atoms with E-state index >= 15 is 0 Å². The van der Waals surface area contributed by atoms with Gasteiger partial charge in [-0.3, -0.25) is 4.79 Å². The average Bonchev–Trinajstić information content (AvgIpc) is 3.17. The molecule has 3 heterocycles. The minimum atomic E-state index is -0.0318. The Kier molecular flexibility index (Phi) is 4.50. The predicted molar refractivity (Wildman–Crippen MR) is 76.9 cm³/mol. The maximum atomic E-state index is 12.4. The summed E-state index contributed by atoms with van der Waals surface area (Å²) in [7, 11) is 0. The molecule has 21 heavy (non-hydrogen) atoms. The molecule has 2 fully saturated rings. The van der Waals surface area contributed by atoms with Gasteiger partial charge in [0.2, 0.25) is 0 Å². The number of aliphatic hydroxyl groups is 1. The number of amides is 1. The fourth-order valence-electron chi connectivity index (χ4n) is 3.22. The number of likely N-dealkylation sites (tertiary alicyclic amines) is 1. The van der Waals surface area contributed by atoms with Crippen molar-refractivity contribution in [3.63, 3.8) is 0 Å². The van der Waals surface area contributed by atoms with E-state index in [1.165, 1.54) is 0 Å². The molecule has 0 saturated carbocycles. The zero-order valence-electron chi connectivity index (χ0n) is 12.2. The first-order valence-electron chi connectivity index (χ1n) is 7.80. The first-order valence-corrected chi connectivity index (χ1v) is 7.80. The highest BCUT2D eigenvalue weighted by Gasteiger charge is 2.28. The third kappa shape index (κ3) is 3.24. The van der Waals surface area contributed by atoms with Gasteiger partial charge < -0.3 is 15.3 Å². The van der Waals surface area contributed by atoms with Crippen molar-refractivity contribution < 1.29 is 9.90 Å². The Morgan fingerprint density at radius 3 is 2.95 bits per heavy atom. The normalized spacial score (nSPS) is 23.7. The third-order valence-electron chi connectivity index (χ3n) is 4.52. The van der Waals surface area contributed by atoms with Gasteiger partial charge in [-0.2, -0.15) is 0 Å². The molecule has 2 aliphatic heterocycles. The number of carbonyl (C=O) groups excluding carboxylic acids is 1. The fraction of sp³-hybridized carbons (Fsp3) is 0.786. The fourth-order valence-corrected chi connectivity index (χ4v) is 3.22. The lowest BCUT2D eigenvalue weighted by atomic mass is 10.1. The van der Waals surface area contributed by atoms with Crippen LogP contribution < -0.4 is 5.32 Å². The van der Waals surface area contributed by atoms with Crippen LogP contribution in [0.2, 0.25) is 0 Å². The molecule has 7 heteroatoms. The van der Waals surface area contributed by atoms with Crippen LogP contribution in [-0.2, 0) is 0 Å². The Labute approximate surface area is 124 Å². The summed E-state index contributed by atoms with van der Waals surface area (Å²) in [6.45, 7) is 3.65. The van der Waals surface area contributed by atoms with Crippen molar-refractivity contribution in [3.8, 4) is 0 Å². The van der Waals surface area contributed by atoms with Gasteiger partial charge in [0.1, 0.15) is 0 Å². The molecule has 1 aromatic heterocycles. The number of piperidine rings is 1. The molecular formula is C14H23N5O2. The third-order valence-corrected chi connectivity index (χ3v) is 4.52. The van der Waals surface area contributed by atoms with Crippen LogP contribution in [0, 0.1) is 5.92 Å². The van der Waals surface area contributed by atoms with Crippen molar-refractivity contribution in [2.45, 2.75) is 31.7 Å². The van der Waals surface area contributed by atoms with E-state index in [0.29, 0.717) is 17.7 Å². The summed E-state index contributed by atoms with van der Waals surface area (Å²) >= 11 is 0. The van der Waals surface area contributed by atoms with Crippen molar-refractivity contribution in [1.29, 1.82) is 0 Å². The lowest BCUT2D eigenvalue weighted by Crippen LogP contribution is -2.30. The maximum absolute atomic E-state index is 12.4. The van der Waals surface area contributed by atoms with E-state index in [0.717, 1.165) is 51.9 Å². The van der Waals surface area contributed by atoms with E-state index in [1.807, 2.05) is 9.58 Å². The first kappa shape index (κ1) is 14.5. The first-order chi connectivity index (χ1) is 10.3. The van der Waals surface area contributed by atoms with Gasteiger partial charge >= 0.3 is 0 Å². The molecule has 7 nitrogen and oxygen atoms in total. The number of nitrogens with zero attached hydrogens (tertiary/aromatic N) is 4. The average molecular weight is 293 g/mol. The largest absolute Gasteiger partial charge is 0.396 e. The van der Waals surface area contributed by atoms with E-state index in [2.05, 4.69) is 15.6 Å². The number of hydrogen-bond donors (Lipinski definition) is 2. The zero-order valence-corrected chi connectivity index (χ0v) is 12.2. The number of carbonyl (C=O) groups is 1. The van der Waals surface area contributed by atoms with Crippen molar-refractivity contribution in [1.82, 2.24) is 25.2 Å². The Bertz CT molecular complexity index is 483. The van der Waals surface area contributed by atoms with Gasteiger partial charge in [0, 0.05) is 19.7 Å². The number of rotatable bonds is 4. The Morgan fingerprint density at radius 2 is 2.19 bits per heavy atom. The van der Waals surface area contributed by atoms with Crippen LogP contribution in [0.3, 0.4) is 0 Å². The summed E-state index contributed by atoms with van der Waals surface area (Å²) in [5, 5.41) is 20.5. The van der Waals surface area contributed by atoms with Gasteiger partial charge in [-0.25, -0.2) is 4.68 Å². The SMILES string of the molecule is O=C(c1cn(C2CCNCC2)nn1)N1CCC(CCO)C1. The van der Waals surface area contributed by atoms with Crippen LogP contribution >= 0.6 is 0 Å². The van der Waals surface area contributed by atoms with Gasteiger partial charge in [-0.15, -0.1) is 5.10 Å². The molecule has 0 aliphatic carbocycles. The Morgan fingerprint density at radius 1 is 1.38 bits per heavy atom. The van der Waals surface area contributed by atoms with Crippen molar-refractivity contribution in [3.05, 3.63) is 11.9 Å². The summed E-state index contributed by atoms with van der Waals surface area (Å²) in [5.74, 6) is 0.383. The minimum Gasteiger partial charge on any atom is -0.396 e. The molecule has 1 atom stereocenters. The highest BCUT2D eigenvalue weighted by molar-refractivity contribution is 5.92. The lowest BCUT2D eigenvalue weighted by molar-refractivity contribution is 0.0779. The smallest absolute Gasteiger partial charge is 0.276 e. The van der Waals surface area contributed by atoms with Crippen LogP contribution in [0.5, 0.6) is 0 Å². The standard InChI is InChI=1S/C14H23N5O2/c20-8-4-11-3-7-18(9-11)14(21)13-10-19(17-16-13)12-1-5-15-6-2-12/h10-12,15,20H,1-9H2. The second kappa shape index (κ2) is 6.53. The molecule has 2 saturated heterocycles. The number of aliphatic hydroxyl groups excluding tert-OH is 1. The van der Waals surface area contributed by atoms with Crippen molar-refractivity contribution in [2.75, 3.05) is 32.8 Å². The van der Waals surface area contributed by atoms with Crippen molar-refractivity contribution >= 4 is 5.91 Å². The maximum Gasteiger partial charge on any atom is 0.276 e. The molecule has 3 rings (SSSR count). The second-order valence-electron chi connectivity index (χ2n) is 5.98. The second-order valence-corrected chi connectivity index (χ2v) is 5.98. The topological polar surface area (TPSA) is 83.3 Å². The predicted octanol–water partition coefficient (Wildman–Crippen LogP) is 0.0471. The number of nitrogens with one attached hydrogen (secondary N) is 1. The van der Waals surface area contributed by atoms with Crippen molar-refractivity contribution in [2.24, 2.45) is 5.92 Å². The molecule has 0 radical (unpaired) electrons. The van der Waals surface area contributed by atoms with Crippen LogP contribution in [0.15, 0.2) is 6.20 Å². The summed E-state index contributed by atoms with van der Waals surface area (Å²) in [6, 6.07) is 0.348. The lowest BCUT2D eigenvalue weighted by Gasteiger charge is -2.22. The monoisotopic (exact) mass is 293 g/mol. The highest BCUT2D eigenvalue weighted by Crippen LogP contribution is 2.22. The molecule has 0 spiro atoms. The van der Waals surface area contributed by atoms with E-state index in [4.69, 9.17) is 5.11 Å². The van der Waals surface area contributed by atoms with Crippen LogP contribution in [-0.4, -0.2) is 63.7 Å². The molecule has 1 amide bonds. The molecule has 2 aliphatic rings. The molecule has 0 bridgehead atoms. The van der Waals surface area contributed by atoms with E-state index in [-0.39, 0.29) is 12.5 Å². The van der Waals surface area contributed by atoms with Gasteiger partial charge in [0.05, 0.1) is 12.2 Å². The molecule has 1 aromatic rings. The number of hydrogen-bond acceptors (Lipinski definition) is 5. The summed E-state index contributed by atoms with van der Waals surface area (Å²) in [6.07, 6.45) is 5.58. The molecule has 1 unspecified atom stereocenters. The van der Waals surface area contributed by atoms with Gasteiger partial charge in [-0.1, -0.05) is 5.21 Å². The minimum absolute atomic E-state index is 0.0318. The Hall–Kier alpha value is -1.47. The molecular weight excluding hydrogens is 270 g/mol. The Balaban J connectivity index is 1.61. The van der Waals surface area contributed by atoms with Gasteiger partial charge in [0.25, 0.3) is 5.91 Å². The summed E-state index contributed by atoms with van der Waals surface area (Å²) in [4.78, 5) is 14.3. The summed E-state index contributed by atoms with van der Waals surface area (Å²) < 4.78 is 1.84. The molecule has 2 N–H and O–H groups in total. The number of aromatic nitrogens is 3. The van der Waals surface area contributed by atoms with Gasteiger partial charge in [-0.05, 0) is 44.7 Å². The van der Waals surface area contributed by atoms with E-state index < -0.39 is 0 Å². The van der Waals surface area contributed by atoms with Crippen LogP contribution in [0.1, 0.15) is 42.2 Å². The van der Waals surface area contributed by atoms with E-state index in [9.17, 15) is 4.79 Å². The molecule has 0 aromatic carbocycles. The van der Waals surface area contributed by atoms with Crippen LogP contribution in [0.25, 0.3) is 0 Å². The van der Waals surface area contributed by atoms with Gasteiger partial charge in [0.15, 0.2) is 5.69 Å². The summed E-state index contributed by atoms with van der Waals surface area (Å²) in [5.41, 5.74) is 0.443. The van der Waals surface area contributed by atoms with Crippen LogP contribution in [0.4, 0.5) is 0 Å². The highest BCUT2D eigenvalue weighted by atomic mass is 16.3. The quantitative estimate of drug-likeness (QED) is 0.819.